The van der Waals surface area contributed by atoms with Crippen molar-refractivity contribution in [1.29, 1.82) is 0 Å². The van der Waals surface area contributed by atoms with E-state index in [9.17, 15) is 9.59 Å². The molecule has 2 aromatic rings. The minimum absolute atomic E-state index is 0.626. The molecule has 1 amide bonds. The third kappa shape index (κ3) is 9.75. The first-order valence-electron chi connectivity index (χ1n) is 10.9. The van der Waals surface area contributed by atoms with Gasteiger partial charge in [-0.2, -0.15) is 0 Å². The molecule has 0 aliphatic carbocycles. The maximum Gasteiger partial charge on any atom is 0.534 e. The Balaban J connectivity index is 2.16. The van der Waals surface area contributed by atoms with E-state index in [2.05, 4.69) is 0 Å². The van der Waals surface area contributed by atoms with E-state index in [0.717, 1.165) is 10.6 Å². The van der Waals surface area contributed by atoms with Gasteiger partial charge in [0.05, 0.1) is 6.04 Å². The van der Waals surface area contributed by atoms with E-state index in [1.165, 1.54) is 0 Å². The highest BCUT2D eigenvalue weighted by Gasteiger charge is 2.30. The van der Waals surface area contributed by atoms with Crippen molar-refractivity contribution in [3.05, 3.63) is 65.2 Å². The lowest BCUT2D eigenvalue weighted by molar-refractivity contribution is -0.145. The van der Waals surface area contributed by atoms with E-state index >= 15 is 0 Å². The lowest BCUT2D eigenvalue weighted by Gasteiger charge is -2.29. The number of hydrogen-bond donors (Lipinski definition) is 0. The predicted octanol–water partition coefficient (Wildman–Crippen LogP) is 7.64. The standard InChI is InChI=1S/C26H32ClNO6/c1-18(28(23(29)32-25(2,3)4)34-24(30)33-26(5,6)7)11-12-19-9-8-10-22(17-19)31-21-15-13-20(27)14-16-21/h8-18H,1-7H3/b12-11+/t18-/m0/s1. The zero-order chi connectivity index (χ0) is 25.5. The van der Waals surface area contributed by atoms with Crippen molar-refractivity contribution in [3.63, 3.8) is 0 Å². The molecule has 2 rings (SSSR count). The van der Waals surface area contributed by atoms with Crippen molar-refractivity contribution >= 4 is 29.9 Å². The fraction of sp³-hybridized carbons (Fsp3) is 0.385. The molecule has 2 aromatic carbocycles. The number of benzene rings is 2. The topological polar surface area (TPSA) is 74.3 Å². The van der Waals surface area contributed by atoms with Crippen LogP contribution in [0.25, 0.3) is 6.08 Å². The first-order valence-corrected chi connectivity index (χ1v) is 11.2. The molecule has 0 N–H and O–H groups in total. The number of halogens is 1. The second kappa shape index (κ2) is 11.3. The van der Waals surface area contributed by atoms with Gasteiger partial charge in [-0.25, -0.2) is 9.59 Å². The Morgan fingerprint density at radius 3 is 2.12 bits per heavy atom. The van der Waals surface area contributed by atoms with Crippen molar-refractivity contribution in [2.24, 2.45) is 0 Å². The minimum atomic E-state index is -1.00. The van der Waals surface area contributed by atoms with Gasteiger partial charge >= 0.3 is 12.2 Å². The van der Waals surface area contributed by atoms with Gasteiger partial charge in [0.15, 0.2) is 0 Å². The summed E-state index contributed by atoms with van der Waals surface area (Å²) in [6.45, 7) is 12.0. The Morgan fingerprint density at radius 2 is 1.53 bits per heavy atom. The van der Waals surface area contributed by atoms with Crippen LogP contribution in [0.5, 0.6) is 11.5 Å². The predicted molar refractivity (Wildman–Crippen MR) is 132 cm³/mol. The summed E-state index contributed by atoms with van der Waals surface area (Å²) in [6.07, 6.45) is 1.68. The Bertz CT molecular complexity index is 1010. The van der Waals surface area contributed by atoms with Crippen LogP contribution in [0.15, 0.2) is 54.6 Å². The summed E-state index contributed by atoms with van der Waals surface area (Å²) >= 11 is 5.92. The Hall–Kier alpha value is -3.19. The van der Waals surface area contributed by atoms with E-state index in [1.54, 1.807) is 84.9 Å². The first kappa shape index (κ1) is 27.1. The highest BCUT2D eigenvalue weighted by molar-refractivity contribution is 6.30. The monoisotopic (exact) mass is 489 g/mol. The van der Waals surface area contributed by atoms with Crippen LogP contribution in [-0.2, 0) is 14.3 Å². The Morgan fingerprint density at radius 1 is 0.912 bits per heavy atom. The summed E-state index contributed by atoms with van der Waals surface area (Å²) in [5, 5.41) is 1.48. The number of carbonyl (C=O) groups is 2. The second-order valence-electron chi connectivity index (χ2n) is 9.59. The van der Waals surface area contributed by atoms with Gasteiger partial charge in [0.1, 0.15) is 22.7 Å². The quantitative estimate of drug-likeness (QED) is 0.317. The third-order valence-corrected chi connectivity index (χ3v) is 4.23. The second-order valence-corrected chi connectivity index (χ2v) is 10.0. The highest BCUT2D eigenvalue weighted by atomic mass is 35.5. The van der Waals surface area contributed by atoms with Crippen LogP contribution in [0.1, 0.15) is 54.0 Å². The molecule has 0 unspecified atom stereocenters. The number of carbonyl (C=O) groups excluding carboxylic acids is 2. The lowest BCUT2D eigenvalue weighted by atomic mass is 10.1. The smallest absolute Gasteiger partial charge is 0.457 e. The molecule has 7 nitrogen and oxygen atoms in total. The molecule has 184 valence electrons. The SMILES string of the molecule is C[C@@H](/C=C/c1cccc(Oc2ccc(Cl)cc2)c1)N(OC(=O)OC(C)(C)C)C(=O)OC(C)(C)C. The van der Waals surface area contributed by atoms with Gasteiger partial charge in [0, 0.05) is 5.02 Å². The fourth-order valence-electron chi connectivity index (χ4n) is 2.59. The zero-order valence-electron chi connectivity index (χ0n) is 20.6. The van der Waals surface area contributed by atoms with Gasteiger partial charge in [0.25, 0.3) is 0 Å². The maximum atomic E-state index is 12.7. The molecule has 0 radical (unpaired) electrons. The third-order valence-electron chi connectivity index (χ3n) is 3.98. The molecule has 0 heterocycles. The number of amides is 1. The Kier molecular flexibility index (Phi) is 8.99. The minimum Gasteiger partial charge on any atom is -0.457 e. The van der Waals surface area contributed by atoms with Gasteiger partial charge in [0.2, 0.25) is 0 Å². The average Bonchev–Trinajstić information content (AvgIpc) is 2.69. The normalized spacial score (nSPS) is 12.7. The van der Waals surface area contributed by atoms with Crippen LogP contribution in [0, 0.1) is 0 Å². The number of hydroxylamine groups is 2. The molecule has 0 spiro atoms. The molecule has 1 atom stereocenters. The van der Waals surface area contributed by atoms with Crippen LogP contribution in [-0.4, -0.2) is 34.6 Å². The summed E-state index contributed by atoms with van der Waals surface area (Å²) in [4.78, 5) is 30.1. The number of nitrogens with zero attached hydrogens (tertiary/aromatic N) is 1. The largest absolute Gasteiger partial charge is 0.534 e. The number of hydrogen-bond acceptors (Lipinski definition) is 6. The van der Waals surface area contributed by atoms with Gasteiger partial charge < -0.3 is 14.2 Å². The van der Waals surface area contributed by atoms with Crippen molar-refractivity contribution in [2.75, 3.05) is 0 Å². The number of ether oxygens (including phenoxy) is 3. The first-order chi connectivity index (χ1) is 15.7. The van der Waals surface area contributed by atoms with Crippen molar-refractivity contribution in [2.45, 2.75) is 65.7 Å². The maximum absolute atomic E-state index is 12.7. The van der Waals surface area contributed by atoms with Crippen molar-refractivity contribution in [1.82, 2.24) is 5.06 Å². The van der Waals surface area contributed by atoms with Crippen LogP contribution in [0.3, 0.4) is 0 Å². The van der Waals surface area contributed by atoms with E-state index in [1.807, 2.05) is 24.3 Å². The summed E-state index contributed by atoms with van der Waals surface area (Å²) < 4.78 is 16.4. The van der Waals surface area contributed by atoms with E-state index in [0.29, 0.717) is 16.5 Å². The molecule has 0 bridgehead atoms. The molecule has 34 heavy (non-hydrogen) atoms. The van der Waals surface area contributed by atoms with Crippen LogP contribution < -0.4 is 4.74 Å². The van der Waals surface area contributed by atoms with Gasteiger partial charge in [-0.1, -0.05) is 35.9 Å². The molecule has 0 fully saturated rings. The number of rotatable bonds is 5. The van der Waals surface area contributed by atoms with Crippen molar-refractivity contribution < 1.29 is 28.6 Å². The van der Waals surface area contributed by atoms with Gasteiger partial charge in [-0.05, 0) is 90.4 Å². The molecule has 0 aliphatic rings. The summed E-state index contributed by atoms with van der Waals surface area (Å²) in [5.74, 6) is 1.28. The summed E-state index contributed by atoms with van der Waals surface area (Å²) in [5.41, 5.74) is -0.733. The van der Waals surface area contributed by atoms with Crippen LogP contribution in [0.4, 0.5) is 9.59 Å². The van der Waals surface area contributed by atoms with Gasteiger partial charge in [-0.3, -0.25) is 4.84 Å². The van der Waals surface area contributed by atoms with Crippen LogP contribution in [0.2, 0.25) is 5.02 Å². The summed E-state index contributed by atoms with van der Waals surface area (Å²) in [6, 6.07) is 13.8. The fourth-order valence-corrected chi connectivity index (χ4v) is 2.72. The molecule has 0 aromatic heterocycles. The van der Waals surface area contributed by atoms with Crippen molar-refractivity contribution in [3.8, 4) is 11.5 Å². The average molecular weight is 490 g/mol. The molecule has 8 heteroatoms. The zero-order valence-corrected chi connectivity index (χ0v) is 21.4. The van der Waals surface area contributed by atoms with Gasteiger partial charge in [-0.15, -0.1) is 5.06 Å². The lowest BCUT2D eigenvalue weighted by Crippen LogP contribution is -2.43. The summed E-state index contributed by atoms with van der Waals surface area (Å²) in [7, 11) is 0. The molecular weight excluding hydrogens is 458 g/mol. The van der Waals surface area contributed by atoms with Crippen LogP contribution >= 0.6 is 11.6 Å². The molecular formula is C26H32ClNO6. The Labute approximate surface area is 206 Å². The molecule has 0 saturated carbocycles. The van der Waals surface area contributed by atoms with E-state index in [-0.39, 0.29) is 0 Å². The van der Waals surface area contributed by atoms with E-state index in [4.69, 9.17) is 30.6 Å². The van der Waals surface area contributed by atoms with E-state index < -0.39 is 29.5 Å². The molecule has 0 aliphatic heterocycles. The molecule has 0 saturated heterocycles. The highest BCUT2D eigenvalue weighted by Crippen LogP contribution is 2.24.